The Kier molecular flexibility index (Phi) is 4.10. The molecule has 2 aromatic heterocycles. The van der Waals surface area contributed by atoms with Crippen LogP contribution in [0.3, 0.4) is 0 Å². The molecule has 3 aromatic rings. The Balaban J connectivity index is 2.22. The lowest BCUT2D eigenvalue weighted by atomic mass is 10.2. The molecule has 3 rings (SSSR count). The molecular weight excluding hydrogens is 358 g/mol. The first-order valence-electron chi connectivity index (χ1n) is 6.36. The van der Waals surface area contributed by atoms with Gasteiger partial charge in [0.2, 0.25) is 0 Å². The molecule has 0 amide bonds. The second-order valence-electron chi connectivity index (χ2n) is 4.46. The van der Waals surface area contributed by atoms with Crippen LogP contribution in [0.2, 0.25) is 0 Å². The predicted molar refractivity (Wildman–Crippen MR) is 87.5 cm³/mol. The number of aromatic nitrogens is 3. The Morgan fingerprint density at radius 3 is 2.95 bits per heavy atom. The van der Waals surface area contributed by atoms with E-state index in [2.05, 4.69) is 43.5 Å². The highest BCUT2D eigenvalue weighted by molar-refractivity contribution is 9.10. The summed E-state index contributed by atoms with van der Waals surface area (Å²) >= 11 is 11.3. The van der Waals surface area contributed by atoms with E-state index in [9.17, 15) is 0 Å². The maximum absolute atomic E-state index is 6.09. The van der Waals surface area contributed by atoms with Crippen molar-refractivity contribution in [3.8, 4) is 0 Å². The normalized spacial score (nSPS) is 12.9. The zero-order valence-corrected chi connectivity index (χ0v) is 14.0. The van der Waals surface area contributed by atoms with Crippen LogP contribution >= 0.6 is 38.9 Å². The lowest BCUT2D eigenvalue weighted by Gasteiger charge is -2.17. The molecule has 0 spiro atoms. The molecule has 20 heavy (non-hydrogen) atoms. The Bertz CT molecular complexity index is 723. The van der Waals surface area contributed by atoms with Crippen LogP contribution in [0, 0.1) is 0 Å². The maximum atomic E-state index is 6.09. The van der Waals surface area contributed by atoms with E-state index in [-0.39, 0.29) is 6.04 Å². The van der Waals surface area contributed by atoms with Crippen molar-refractivity contribution in [2.24, 2.45) is 0 Å². The van der Waals surface area contributed by atoms with Gasteiger partial charge in [-0.05, 0) is 24.6 Å². The van der Waals surface area contributed by atoms with Gasteiger partial charge in [-0.1, -0.05) is 22.9 Å². The monoisotopic (exact) mass is 369 g/mol. The van der Waals surface area contributed by atoms with Crippen LogP contribution in [0.5, 0.6) is 0 Å². The van der Waals surface area contributed by atoms with Gasteiger partial charge >= 0.3 is 0 Å². The van der Waals surface area contributed by atoms with Crippen molar-refractivity contribution in [2.75, 3.05) is 0 Å². The molecule has 0 aliphatic carbocycles. The lowest BCUT2D eigenvalue weighted by molar-refractivity contribution is 0.562. The zero-order valence-electron chi connectivity index (χ0n) is 10.9. The fourth-order valence-electron chi connectivity index (χ4n) is 2.43. The molecule has 0 N–H and O–H groups in total. The molecule has 1 atom stereocenters. The third-order valence-electron chi connectivity index (χ3n) is 3.28. The largest absolute Gasteiger partial charge is 0.317 e. The van der Waals surface area contributed by atoms with E-state index in [1.54, 1.807) is 11.3 Å². The first kappa shape index (κ1) is 14.0. The van der Waals surface area contributed by atoms with Crippen LogP contribution in [-0.2, 0) is 5.88 Å². The number of nitrogens with zero attached hydrogens (tertiary/aromatic N) is 3. The minimum Gasteiger partial charge on any atom is -0.317 e. The smallest absolute Gasteiger partial charge is 0.125 e. The van der Waals surface area contributed by atoms with Gasteiger partial charge in [0.15, 0.2) is 0 Å². The number of hydrogen-bond donors (Lipinski definition) is 0. The van der Waals surface area contributed by atoms with Crippen molar-refractivity contribution in [1.29, 1.82) is 0 Å². The highest BCUT2D eigenvalue weighted by Crippen LogP contribution is 2.31. The fourth-order valence-corrected chi connectivity index (χ4v) is 3.78. The number of thiazole rings is 1. The minimum absolute atomic E-state index is 0.190. The molecule has 1 unspecified atom stereocenters. The SMILES string of the molecule is CCC(c1nccs1)n1c(CCl)nc2cc(Br)ccc21. The molecule has 0 saturated heterocycles. The van der Waals surface area contributed by atoms with Gasteiger partial charge in [-0.15, -0.1) is 22.9 Å². The van der Waals surface area contributed by atoms with Crippen LogP contribution in [0.25, 0.3) is 11.0 Å². The van der Waals surface area contributed by atoms with Gasteiger partial charge in [0.25, 0.3) is 0 Å². The summed E-state index contributed by atoms with van der Waals surface area (Å²) in [5, 5.41) is 3.11. The quantitative estimate of drug-likeness (QED) is 0.605. The molecule has 0 aliphatic rings. The predicted octanol–water partition coefficient (Wildman–Crippen LogP) is 4.99. The summed E-state index contributed by atoms with van der Waals surface area (Å²) in [6.45, 7) is 2.16. The lowest BCUT2D eigenvalue weighted by Crippen LogP contribution is -2.12. The molecular formula is C14H13BrClN3S. The Hall–Kier alpha value is -0.910. The molecule has 0 radical (unpaired) electrons. The van der Waals surface area contributed by atoms with E-state index in [0.717, 1.165) is 32.8 Å². The minimum atomic E-state index is 0.190. The second-order valence-corrected chi connectivity index (χ2v) is 6.57. The first-order chi connectivity index (χ1) is 9.74. The molecule has 0 fully saturated rings. The van der Waals surface area contributed by atoms with E-state index < -0.39 is 0 Å². The first-order valence-corrected chi connectivity index (χ1v) is 8.57. The Morgan fingerprint density at radius 2 is 2.30 bits per heavy atom. The van der Waals surface area contributed by atoms with Crippen molar-refractivity contribution in [3.05, 3.63) is 45.1 Å². The summed E-state index contributed by atoms with van der Waals surface area (Å²) in [5.41, 5.74) is 2.07. The third kappa shape index (κ3) is 2.38. The zero-order chi connectivity index (χ0) is 14.1. The summed E-state index contributed by atoms with van der Waals surface area (Å²) in [6, 6.07) is 6.33. The number of alkyl halides is 1. The van der Waals surface area contributed by atoms with E-state index >= 15 is 0 Å². The number of rotatable bonds is 4. The number of hydrogen-bond acceptors (Lipinski definition) is 3. The van der Waals surface area contributed by atoms with Crippen molar-refractivity contribution >= 4 is 49.9 Å². The molecule has 1 aromatic carbocycles. The summed E-state index contributed by atoms with van der Waals surface area (Å²) in [7, 11) is 0. The van der Waals surface area contributed by atoms with Gasteiger partial charge < -0.3 is 4.57 Å². The maximum Gasteiger partial charge on any atom is 0.125 e. The van der Waals surface area contributed by atoms with Crippen LogP contribution in [0.15, 0.2) is 34.2 Å². The van der Waals surface area contributed by atoms with Gasteiger partial charge in [-0.3, -0.25) is 0 Å². The molecule has 2 heterocycles. The Labute approximate surface area is 134 Å². The molecule has 0 saturated carbocycles. The fraction of sp³-hybridized carbons (Fsp3) is 0.286. The molecule has 0 bridgehead atoms. The summed E-state index contributed by atoms with van der Waals surface area (Å²) < 4.78 is 3.24. The number of halogens is 2. The van der Waals surface area contributed by atoms with E-state index in [1.807, 2.05) is 23.7 Å². The van der Waals surface area contributed by atoms with Gasteiger partial charge in [-0.2, -0.15) is 0 Å². The van der Waals surface area contributed by atoms with Crippen LogP contribution in [-0.4, -0.2) is 14.5 Å². The van der Waals surface area contributed by atoms with Crippen molar-refractivity contribution in [1.82, 2.24) is 14.5 Å². The standard InChI is InChI=1S/C14H13BrClN3S/c1-2-11(14-17-5-6-20-14)19-12-4-3-9(15)7-10(12)18-13(19)8-16/h3-7,11H,2,8H2,1H3. The van der Waals surface area contributed by atoms with Crippen molar-refractivity contribution < 1.29 is 0 Å². The van der Waals surface area contributed by atoms with Gasteiger partial charge in [0, 0.05) is 16.0 Å². The van der Waals surface area contributed by atoms with Crippen molar-refractivity contribution in [2.45, 2.75) is 25.3 Å². The average molecular weight is 371 g/mol. The summed E-state index contributed by atoms with van der Waals surface area (Å²) in [6.07, 6.45) is 2.80. The van der Waals surface area contributed by atoms with Crippen LogP contribution in [0.1, 0.15) is 30.2 Å². The third-order valence-corrected chi connectivity index (χ3v) is 4.89. The van der Waals surface area contributed by atoms with E-state index in [4.69, 9.17) is 11.6 Å². The van der Waals surface area contributed by atoms with E-state index in [0.29, 0.717) is 5.88 Å². The molecule has 0 aliphatic heterocycles. The average Bonchev–Trinajstić information content (AvgIpc) is 3.08. The molecule has 3 nitrogen and oxygen atoms in total. The topological polar surface area (TPSA) is 30.7 Å². The number of imidazole rings is 1. The second kappa shape index (κ2) is 5.84. The number of fused-ring (bicyclic) bond motifs is 1. The van der Waals surface area contributed by atoms with Gasteiger partial charge in [-0.25, -0.2) is 9.97 Å². The van der Waals surface area contributed by atoms with Crippen LogP contribution < -0.4 is 0 Å². The Morgan fingerprint density at radius 1 is 1.45 bits per heavy atom. The van der Waals surface area contributed by atoms with Gasteiger partial charge in [0.1, 0.15) is 10.8 Å². The summed E-state index contributed by atoms with van der Waals surface area (Å²) in [5.74, 6) is 1.29. The highest BCUT2D eigenvalue weighted by Gasteiger charge is 2.20. The van der Waals surface area contributed by atoms with Crippen molar-refractivity contribution in [3.63, 3.8) is 0 Å². The number of benzene rings is 1. The van der Waals surface area contributed by atoms with E-state index in [1.165, 1.54) is 0 Å². The molecule has 6 heteroatoms. The molecule has 104 valence electrons. The summed E-state index contributed by atoms with van der Waals surface area (Å²) in [4.78, 5) is 9.11. The van der Waals surface area contributed by atoms with Crippen LogP contribution in [0.4, 0.5) is 0 Å². The highest BCUT2D eigenvalue weighted by atomic mass is 79.9. The van der Waals surface area contributed by atoms with Gasteiger partial charge in [0.05, 0.1) is 23.0 Å².